The lowest BCUT2D eigenvalue weighted by atomic mass is 10.1. The molecular weight excluding hydrogens is 411 g/mol. The molecule has 2 N–H and O–H groups in total. The van der Waals surface area contributed by atoms with E-state index >= 15 is 0 Å². The molecule has 0 aliphatic rings. The molecule has 0 fully saturated rings. The second-order valence-electron chi connectivity index (χ2n) is 7.25. The fraction of sp³-hybridized carbons (Fsp3) is 0.435. The highest BCUT2D eigenvalue weighted by Gasteiger charge is 2.35. The summed E-state index contributed by atoms with van der Waals surface area (Å²) >= 11 is 0. The third-order valence-electron chi connectivity index (χ3n) is 4.77. The van der Waals surface area contributed by atoms with Crippen LogP contribution in [0.1, 0.15) is 25.0 Å². The summed E-state index contributed by atoms with van der Waals surface area (Å²) in [5.41, 5.74) is 2.49. The van der Waals surface area contributed by atoms with Gasteiger partial charge in [0, 0.05) is 31.7 Å². The van der Waals surface area contributed by atoms with Gasteiger partial charge in [0.15, 0.2) is 6.10 Å². The lowest BCUT2D eigenvalue weighted by Gasteiger charge is -2.17. The molecular formula is C23H28F3NO4. The number of carboxylic acid groups (broad SMARTS) is 1. The largest absolute Gasteiger partial charge is 0.493 e. The Hall–Kier alpha value is -2.74. The first-order valence-corrected chi connectivity index (χ1v) is 10.1. The van der Waals surface area contributed by atoms with Gasteiger partial charge in [-0.15, -0.1) is 0 Å². The summed E-state index contributed by atoms with van der Waals surface area (Å²) in [7, 11) is 0. The highest BCUT2D eigenvalue weighted by molar-refractivity contribution is 5.72. The molecule has 2 rings (SSSR count). The number of hydrogen-bond acceptors (Lipinski definition) is 4. The topological polar surface area (TPSA) is 67.8 Å². The van der Waals surface area contributed by atoms with Gasteiger partial charge in [-0.3, -0.25) is 0 Å². The van der Waals surface area contributed by atoms with Crippen molar-refractivity contribution < 1.29 is 32.5 Å². The summed E-state index contributed by atoms with van der Waals surface area (Å²) in [6.45, 7) is 3.51. The van der Waals surface area contributed by atoms with Gasteiger partial charge in [-0.2, -0.15) is 13.2 Å². The molecule has 0 saturated carbocycles. The number of anilines is 1. The fourth-order valence-electron chi connectivity index (χ4n) is 2.82. The Morgan fingerprint density at radius 1 is 1.06 bits per heavy atom. The van der Waals surface area contributed by atoms with Gasteiger partial charge in [0.25, 0.3) is 0 Å². The van der Waals surface area contributed by atoms with E-state index < -0.39 is 24.2 Å². The normalized spacial score (nSPS) is 13.5. The first-order valence-electron chi connectivity index (χ1n) is 10.1. The average molecular weight is 439 g/mol. The monoisotopic (exact) mass is 439 g/mol. The minimum absolute atomic E-state index is 0.167. The zero-order valence-electron chi connectivity index (χ0n) is 17.6. The number of halogens is 3. The SMILES string of the molecule is CCO[C@@H](Cc1ccc(OCCc2ccc(NC[C@H](C)C(F)(F)F)cc2)cc1)C(=O)O. The highest BCUT2D eigenvalue weighted by Crippen LogP contribution is 2.26. The van der Waals surface area contributed by atoms with E-state index in [1.54, 1.807) is 31.2 Å². The van der Waals surface area contributed by atoms with Crippen LogP contribution in [0.5, 0.6) is 5.75 Å². The minimum atomic E-state index is -4.20. The van der Waals surface area contributed by atoms with Crippen molar-refractivity contribution in [3.8, 4) is 5.75 Å². The minimum Gasteiger partial charge on any atom is -0.493 e. The first-order chi connectivity index (χ1) is 14.7. The summed E-state index contributed by atoms with van der Waals surface area (Å²) < 4.78 is 48.6. The molecule has 2 aromatic carbocycles. The number of ether oxygens (including phenoxy) is 2. The Kier molecular flexibility index (Phi) is 9.18. The molecule has 0 unspecified atom stereocenters. The lowest BCUT2D eigenvalue weighted by molar-refractivity contribution is -0.165. The molecule has 2 atom stereocenters. The molecule has 5 nitrogen and oxygen atoms in total. The van der Waals surface area contributed by atoms with Crippen LogP contribution >= 0.6 is 0 Å². The van der Waals surface area contributed by atoms with Crippen LogP contribution in [0.2, 0.25) is 0 Å². The van der Waals surface area contributed by atoms with Gasteiger partial charge in [0.1, 0.15) is 5.75 Å². The molecule has 0 aliphatic carbocycles. The van der Waals surface area contributed by atoms with Crippen molar-refractivity contribution in [3.63, 3.8) is 0 Å². The number of carboxylic acids is 1. The summed E-state index contributed by atoms with van der Waals surface area (Å²) in [5, 5.41) is 11.9. The molecule has 2 aromatic rings. The van der Waals surface area contributed by atoms with Crippen molar-refractivity contribution >= 4 is 11.7 Å². The van der Waals surface area contributed by atoms with E-state index in [-0.39, 0.29) is 13.0 Å². The predicted octanol–water partition coefficient (Wildman–Crippen LogP) is 4.95. The van der Waals surface area contributed by atoms with Gasteiger partial charge in [-0.05, 0) is 42.3 Å². The maximum atomic E-state index is 12.6. The quantitative estimate of drug-likeness (QED) is 0.490. The number of aliphatic carboxylic acids is 1. The molecule has 0 saturated heterocycles. The Morgan fingerprint density at radius 2 is 1.68 bits per heavy atom. The van der Waals surface area contributed by atoms with Crippen LogP contribution in [0.4, 0.5) is 18.9 Å². The van der Waals surface area contributed by atoms with Crippen molar-refractivity contribution in [2.75, 3.05) is 25.1 Å². The Balaban J connectivity index is 1.77. The first kappa shape index (κ1) is 24.5. The van der Waals surface area contributed by atoms with Crippen LogP contribution in [0.25, 0.3) is 0 Å². The maximum Gasteiger partial charge on any atom is 0.393 e. The molecule has 31 heavy (non-hydrogen) atoms. The molecule has 0 aliphatic heterocycles. The molecule has 0 bridgehead atoms. The van der Waals surface area contributed by atoms with Crippen LogP contribution in [-0.4, -0.2) is 43.1 Å². The van der Waals surface area contributed by atoms with Crippen LogP contribution < -0.4 is 10.1 Å². The van der Waals surface area contributed by atoms with E-state index in [0.717, 1.165) is 18.1 Å². The molecule has 0 heterocycles. The van der Waals surface area contributed by atoms with E-state index in [9.17, 15) is 18.0 Å². The van der Waals surface area contributed by atoms with Crippen molar-refractivity contribution in [3.05, 3.63) is 59.7 Å². The molecule has 0 amide bonds. The van der Waals surface area contributed by atoms with E-state index in [1.165, 1.54) is 0 Å². The molecule has 0 radical (unpaired) electrons. The third kappa shape index (κ3) is 8.49. The number of hydrogen-bond donors (Lipinski definition) is 2. The zero-order valence-corrected chi connectivity index (χ0v) is 17.6. The van der Waals surface area contributed by atoms with E-state index in [0.29, 0.717) is 31.1 Å². The number of alkyl halides is 3. The smallest absolute Gasteiger partial charge is 0.393 e. The number of benzene rings is 2. The van der Waals surface area contributed by atoms with Gasteiger partial charge in [-0.1, -0.05) is 31.2 Å². The predicted molar refractivity (Wildman–Crippen MR) is 113 cm³/mol. The summed E-state index contributed by atoms with van der Waals surface area (Å²) in [6, 6.07) is 14.4. The molecule has 170 valence electrons. The Bertz CT molecular complexity index is 807. The van der Waals surface area contributed by atoms with Crippen LogP contribution in [0.3, 0.4) is 0 Å². The summed E-state index contributed by atoms with van der Waals surface area (Å²) in [5.74, 6) is -1.73. The molecule has 0 spiro atoms. The van der Waals surface area contributed by atoms with Gasteiger partial charge >= 0.3 is 12.1 Å². The molecule has 0 aromatic heterocycles. The standard InChI is InChI=1S/C23H28F3NO4/c1-3-30-21(22(28)29)14-18-6-10-20(11-7-18)31-13-12-17-4-8-19(9-5-17)27-15-16(2)23(24,25)26/h4-11,16,21,27H,3,12-15H2,1-2H3,(H,28,29)/t16-,21-/m0/s1. The number of nitrogens with one attached hydrogen (secondary N) is 1. The van der Waals surface area contributed by atoms with Crippen molar-refractivity contribution in [1.29, 1.82) is 0 Å². The van der Waals surface area contributed by atoms with Crippen molar-refractivity contribution in [2.45, 2.75) is 39.0 Å². The van der Waals surface area contributed by atoms with Crippen LogP contribution in [0, 0.1) is 5.92 Å². The third-order valence-corrected chi connectivity index (χ3v) is 4.77. The summed E-state index contributed by atoms with van der Waals surface area (Å²) in [4.78, 5) is 11.2. The Labute approximate surface area is 180 Å². The van der Waals surface area contributed by atoms with E-state index in [1.807, 2.05) is 24.3 Å². The second kappa shape index (κ2) is 11.6. The van der Waals surface area contributed by atoms with Gasteiger partial charge in [0.05, 0.1) is 12.5 Å². The second-order valence-corrected chi connectivity index (χ2v) is 7.25. The number of rotatable bonds is 12. The summed E-state index contributed by atoms with van der Waals surface area (Å²) in [6.07, 6.45) is -4.15. The number of carbonyl (C=O) groups is 1. The zero-order chi connectivity index (χ0) is 22.9. The fourth-order valence-corrected chi connectivity index (χ4v) is 2.82. The maximum absolute atomic E-state index is 12.6. The van der Waals surface area contributed by atoms with Crippen LogP contribution in [-0.2, 0) is 22.4 Å². The Morgan fingerprint density at radius 3 is 2.23 bits per heavy atom. The van der Waals surface area contributed by atoms with Crippen molar-refractivity contribution in [1.82, 2.24) is 0 Å². The van der Waals surface area contributed by atoms with Gasteiger partial charge in [-0.25, -0.2) is 4.79 Å². The van der Waals surface area contributed by atoms with Gasteiger partial charge in [0.2, 0.25) is 0 Å². The van der Waals surface area contributed by atoms with E-state index in [4.69, 9.17) is 14.6 Å². The average Bonchev–Trinajstić information content (AvgIpc) is 2.73. The van der Waals surface area contributed by atoms with Crippen LogP contribution in [0.15, 0.2) is 48.5 Å². The lowest BCUT2D eigenvalue weighted by Crippen LogP contribution is -2.26. The highest BCUT2D eigenvalue weighted by atomic mass is 19.4. The van der Waals surface area contributed by atoms with E-state index in [2.05, 4.69) is 5.32 Å². The van der Waals surface area contributed by atoms with Gasteiger partial charge < -0.3 is 19.9 Å². The molecule has 8 heteroatoms. The van der Waals surface area contributed by atoms with Crippen molar-refractivity contribution in [2.24, 2.45) is 5.92 Å².